The van der Waals surface area contributed by atoms with E-state index >= 15 is 0 Å². The molecule has 3 aromatic carbocycles. The van der Waals surface area contributed by atoms with Gasteiger partial charge in [0.25, 0.3) is 0 Å². The van der Waals surface area contributed by atoms with Gasteiger partial charge in [-0.2, -0.15) is 0 Å². The summed E-state index contributed by atoms with van der Waals surface area (Å²) in [5, 5.41) is 0. The molecule has 0 aromatic heterocycles. The number of hydrogen-bond acceptors (Lipinski definition) is 6. The van der Waals surface area contributed by atoms with E-state index < -0.39 is 5.60 Å². The molecule has 1 saturated carbocycles. The molecule has 36 heavy (non-hydrogen) atoms. The molecule has 1 fully saturated rings. The molecule has 4 rings (SSSR count). The number of methoxy groups -OCH3 is 4. The number of carbonyl (C=O) groups excluding carboxylic acids is 1. The predicted molar refractivity (Wildman–Crippen MR) is 138 cm³/mol. The monoisotopic (exact) mass is 490 g/mol. The number of hydrogen-bond donors (Lipinski definition) is 0. The van der Waals surface area contributed by atoms with E-state index in [4.69, 9.17) is 23.7 Å². The SMILES string of the molecule is COC(=O)C1C(COC(c2ccc(OC)cc2)(c2ccc(OC)cc2)c2ccc(OC)cc2)C1(C)C. The first-order valence-electron chi connectivity index (χ1n) is 12.0. The van der Waals surface area contributed by atoms with Crippen LogP contribution in [-0.2, 0) is 19.9 Å². The van der Waals surface area contributed by atoms with Crippen molar-refractivity contribution in [2.75, 3.05) is 35.0 Å². The lowest BCUT2D eigenvalue weighted by Crippen LogP contribution is -2.34. The van der Waals surface area contributed by atoms with Gasteiger partial charge in [0.1, 0.15) is 22.8 Å². The third kappa shape index (κ3) is 4.53. The van der Waals surface area contributed by atoms with E-state index in [2.05, 4.69) is 13.8 Å². The maximum Gasteiger partial charge on any atom is 0.309 e. The smallest absolute Gasteiger partial charge is 0.309 e. The fourth-order valence-electron chi connectivity index (χ4n) is 5.09. The fourth-order valence-corrected chi connectivity index (χ4v) is 5.09. The number of esters is 1. The first kappa shape index (κ1) is 25.6. The first-order chi connectivity index (χ1) is 17.3. The second kappa shape index (κ2) is 10.2. The summed E-state index contributed by atoms with van der Waals surface area (Å²) >= 11 is 0. The summed E-state index contributed by atoms with van der Waals surface area (Å²) in [5.74, 6) is 1.89. The van der Waals surface area contributed by atoms with Gasteiger partial charge in [0.05, 0.1) is 41.0 Å². The normalized spacial score (nSPS) is 18.3. The number of ether oxygens (including phenoxy) is 5. The molecule has 2 unspecified atom stereocenters. The van der Waals surface area contributed by atoms with Gasteiger partial charge in [-0.3, -0.25) is 4.79 Å². The van der Waals surface area contributed by atoms with Crippen LogP contribution in [0.15, 0.2) is 72.8 Å². The third-order valence-corrected chi connectivity index (χ3v) is 7.47. The van der Waals surface area contributed by atoms with Crippen LogP contribution in [-0.4, -0.2) is 41.0 Å². The Kier molecular flexibility index (Phi) is 7.27. The molecule has 6 heteroatoms. The van der Waals surface area contributed by atoms with Crippen LogP contribution < -0.4 is 14.2 Å². The Morgan fingerprint density at radius 1 is 0.694 bits per heavy atom. The molecular weight excluding hydrogens is 456 g/mol. The van der Waals surface area contributed by atoms with Gasteiger partial charge in [-0.05, 0) is 58.5 Å². The van der Waals surface area contributed by atoms with Crippen molar-refractivity contribution in [3.05, 3.63) is 89.5 Å². The molecule has 190 valence electrons. The highest BCUT2D eigenvalue weighted by molar-refractivity contribution is 5.77. The van der Waals surface area contributed by atoms with Crippen molar-refractivity contribution >= 4 is 5.97 Å². The largest absolute Gasteiger partial charge is 0.497 e. The summed E-state index contributed by atoms with van der Waals surface area (Å²) in [6.45, 7) is 4.54. The standard InChI is InChI=1S/C30H34O6/c1-29(2)26(27(29)28(31)35-6)19-36-30(20-7-13-23(32-3)14-8-20,21-9-15-24(33-4)16-10-21)22-11-17-25(34-5)18-12-22/h7-18,26-27H,19H2,1-6H3. The highest BCUT2D eigenvalue weighted by Crippen LogP contribution is 2.59. The molecule has 6 nitrogen and oxygen atoms in total. The minimum Gasteiger partial charge on any atom is -0.497 e. The third-order valence-electron chi connectivity index (χ3n) is 7.47. The fraction of sp³-hybridized carbons (Fsp3) is 0.367. The van der Waals surface area contributed by atoms with Gasteiger partial charge >= 0.3 is 5.97 Å². The Hall–Kier alpha value is -3.51. The van der Waals surface area contributed by atoms with E-state index in [0.29, 0.717) is 6.61 Å². The average molecular weight is 491 g/mol. The number of carbonyl (C=O) groups is 1. The molecule has 3 aromatic rings. The van der Waals surface area contributed by atoms with Crippen LogP contribution in [0, 0.1) is 17.3 Å². The van der Waals surface area contributed by atoms with Crippen LogP contribution >= 0.6 is 0 Å². The van der Waals surface area contributed by atoms with Crippen molar-refractivity contribution < 1.29 is 28.5 Å². The number of benzene rings is 3. The molecule has 0 radical (unpaired) electrons. The quantitative estimate of drug-likeness (QED) is 0.278. The Bertz CT molecular complexity index is 1050. The summed E-state index contributed by atoms with van der Waals surface area (Å²) in [7, 11) is 6.38. The zero-order valence-electron chi connectivity index (χ0n) is 21.7. The maximum atomic E-state index is 12.4. The molecule has 0 spiro atoms. The molecule has 1 aliphatic carbocycles. The second-order valence-electron chi connectivity index (χ2n) is 9.61. The topological polar surface area (TPSA) is 63.2 Å². The van der Waals surface area contributed by atoms with Gasteiger partial charge in [0, 0.05) is 5.92 Å². The average Bonchev–Trinajstić information content (AvgIpc) is 3.49. The summed E-state index contributed by atoms with van der Waals surface area (Å²) in [6, 6.07) is 23.7. The summed E-state index contributed by atoms with van der Waals surface area (Å²) in [4.78, 5) is 12.4. The van der Waals surface area contributed by atoms with Crippen LogP contribution in [0.1, 0.15) is 30.5 Å². The molecule has 1 aliphatic rings. The van der Waals surface area contributed by atoms with Crippen molar-refractivity contribution in [1.29, 1.82) is 0 Å². The number of rotatable bonds is 10. The molecule has 0 saturated heterocycles. The van der Waals surface area contributed by atoms with E-state index in [9.17, 15) is 4.79 Å². The molecular formula is C30H34O6. The maximum absolute atomic E-state index is 12.4. The molecule has 0 N–H and O–H groups in total. The summed E-state index contributed by atoms with van der Waals surface area (Å²) in [6.07, 6.45) is 0. The van der Waals surface area contributed by atoms with Crippen molar-refractivity contribution in [2.24, 2.45) is 17.3 Å². The highest BCUT2D eigenvalue weighted by atomic mass is 16.5. The zero-order chi connectivity index (χ0) is 25.9. The lowest BCUT2D eigenvalue weighted by atomic mass is 9.80. The van der Waals surface area contributed by atoms with Crippen LogP contribution in [0.5, 0.6) is 17.2 Å². The van der Waals surface area contributed by atoms with Crippen molar-refractivity contribution in [1.82, 2.24) is 0 Å². The van der Waals surface area contributed by atoms with Crippen LogP contribution in [0.2, 0.25) is 0 Å². The Balaban J connectivity index is 1.85. The van der Waals surface area contributed by atoms with E-state index in [-0.39, 0.29) is 23.2 Å². The second-order valence-corrected chi connectivity index (χ2v) is 9.61. The van der Waals surface area contributed by atoms with Crippen molar-refractivity contribution in [3.8, 4) is 17.2 Å². The summed E-state index contributed by atoms with van der Waals surface area (Å²) < 4.78 is 28.3. The van der Waals surface area contributed by atoms with E-state index in [1.165, 1.54) is 7.11 Å². The van der Waals surface area contributed by atoms with Crippen molar-refractivity contribution in [2.45, 2.75) is 19.4 Å². The van der Waals surface area contributed by atoms with Gasteiger partial charge in [0.15, 0.2) is 0 Å². The van der Waals surface area contributed by atoms with Crippen LogP contribution in [0.3, 0.4) is 0 Å². The highest BCUT2D eigenvalue weighted by Gasteiger charge is 2.63. The zero-order valence-corrected chi connectivity index (χ0v) is 21.7. The van der Waals surface area contributed by atoms with Gasteiger partial charge < -0.3 is 23.7 Å². The van der Waals surface area contributed by atoms with Gasteiger partial charge in [0.2, 0.25) is 0 Å². The minimum absolute atomic E-state index is 0.0269. The lowest BCUT2D eigenvalue weighted by Gasteiger charge is -2.36. The van der Waals surface area contributed by atoms with Crippen LogP contribution in [0.4, 0.5) is 0 Å². The molecule has 0 bridgehead atoms. The molecule has 2 atom stereocenters. The Labute approximate surface area is 213 Å². The van der Waals surface area contributed by atoms with Gasteiger partial charge in [-0.1, -0.05) is 50.2 Å². The molecule has 0 amide bonds. The predicted octanol–water partition coefficient (Wildman–Crippen LogP) is 5.47. The van der Waals surface area contributed by atoms with Crippen LogP contribution in [0.25, 0.3) is 0 Å². The Morgan fingerprint density at radius 3 is 1.36 bits per heavy atom. The minimum atomic E-state index is -0.954. The van der Waals surface area contributed by atoms with Gasteiger partial charge in [-0.15, -0.1) is 0 Å². The van der Waals surface area contributed by atoms with E-state index in [0.717, 1.165) is 33.9 Å². The molecule has 0 aliphatic heterocycles. The van der Waals surface area contributed by atoms with Crippen molar-refractivity contribution in [3.63, 3.8) is 0 Å². The van der Waals surface area contributed by atoms with E-state index in [1.54, 1.807) is 21.3 Å². The van der Waals surface area contributed by atoms with E-state index in [1.807, 2.05) is 72.8 Å². The van der Waals surface area contributed by atoms with Gasteiger partial charge in [-0.25, -0.2) is 0 Å². The lowest BCUT2D eigenvalue weighted by molar-refractivity contribution is -0.143. The first-order valence-corrected chi connectivity index (χ1v) is 12.0. The Morgan fingerprint density at radius 2 is 1.06 bits per heavy atom. The molecule has 0 heterocycles. The summed E-state index contributed by atoms with van der Waals surface area (Å²) in [5.41, 5.74) is 1.65.